The van der Waals surface area contributed by atoms with Crippen molar-refractivity contribution in [2.75, 3.05) is 13.2 Å². The van der Waals surface area contributed by atoms with Gasteiger partial charge in [-0.15, -0.1) is 0 Å². The van der Waals surface area contributed by atoms with Gasteiger partial charge in [0.05, 0.1) is 6.61 Å². The third-order valence-corrected chi connectivity index (χ3v) is 4.03. The van der Waals surface area contributed by atoms with Crippen LogP contribution in [0, 0.1) is 0 Å². The molecule has 9 N–H and O–H groups in total. The van der Waals surface area contributed by atoms with Crippen molar-refractivity contribution in [2.45, 2.75) is 61.4 Å². The highest BCUT2D eigenvalue weighted by atomic mass is 16.7. The predicted octanol–water partition coefficient (Wildman–Crippen LogP) is -5.43. The van der Waals surface area contributed by atoms with Crippen molar-refractivity contribution < 1.29 is 50.0 Å². The normalized spacial score (nSPS) is 51.7. The lowest BCUT2D eigenvalue weighted by molar-refractivity contribution is -0.352. The van der Waals surface area contributed by atoms with Crippen molar-refractivity contribution in [1.29, 1.82) is 0 Å². The highest BCUT2D eigenvalue weighted by Gasteiger charge is 2.49. The summed E-state index contributed by atoms with van der Waals surface area (Å²) in [6.07, 6.45) is -14.8. The van der Waals surface area contributed by atoms with Crippen molar-refractivity contribution >= 4 is 0 Å². The smallest absolute Gasteiger partial charge is 0.187 e. The van der Waals surface area contributed by atoms with Crippen LogP contribution in [0.15, 0.2) is 0 Å². The minimum absolute atomic E-state index is 0.178. The molecule has 11 heteroatoms. The monoisotopic (exact) mass is 341 g/mol. The van der Waals surface area contributed by atoms with Crippen LogP contribution in [-0.2, 0) is 14.2 Å². The molecular formula is C12H23NO10. The molecule has 2 saturated heterocycles. The fourth-order valence-corrected chi connectivity index (χ4v) is 2.61. The molecule has 0 unspecified atom stereocenters. The van der Waals surface area contributed by atoms with Crippen LogP contribution in [-0.4, -0.2) is 110 Å². The molecule has 0 aromatic heterocycles. The summed E-state index contributed by atoms with van der Waals surface area (Å²) in [4.78, 5) is 0. The molecular weight excluding hydrogens is 318 g/mol. The van der Waals surface area contributed by atoms with Gasteiger partial charge in [-0.25, -0.2) is 0 Å². The molecule has 10 atom stereocenters. The molecule has 0 aliphatic carbocycles. The first-order valence-electron chi connectivity index (χ1n) is 7.17. The first kappa shape index (κ1) is 18.9. The molecule has 0 aromatic rings. The minimum atomic E-state index is -1.68. The zero-order chi connectivity index (χ0) is 17.3. The van der Waals surface area contributed by atoms with E-state index in [0.29, 0.717) is 0 Å². The quantitative estimate of drug-likeness (QED) is 0.243. The Hall–Kier alpha value is -0.440. The second kappa shape index (κ2) is 7.63. The number of hydrogen-bond acceptors (Lipinski definition) is 11. The Kier molecular flexibility index (Phi) is 6.27. The number of aliphatic hydroxyl groups excluding tert-OH is 7. The lowest BCUT2D eigenvalue weighted by Gasteiger charge is -2.45. The van der Waals surface area contributed by atoms with Crippen molar-refractivity contribution in [3.63, 3.8) is 0 Å². The summed E-state index contributed by atoms with van der Waals surface area (Å²) < 4.78 is 15.5. The van der Waals surface area contributed by atoms with Gasteiger partial charge < -0.3 is 55.7 Å². The van der Waals surface area contributed by atoms with Gasteiger partial charge in [0.25, 0.3) is 0 Å². The maximum atomic E-state index is 10.00. The fraction of sp³-hybridized carbons (Fsp3) is 1.00. The van der Waals surface area contributed by atoms with Crippen LogP contribution < -0.4 is 5.73 Å². The minimum Gasteiger partial charge on any atom is -0.394 e. The standard InChI is InChI=1S/C12H23NO10/c13-1-3-10(7(17)8(18)11(20)21-3)23-12-9(19)6(16)5(15)4(2-14)22-12/h3-12,14-20H,1-2,13H2/t3-,4-,5+,6+,7-,8-,9-,10+,11-,12-/m1/s1. The Labute approximate surface area is 131 Å². The van der Waals surface area contributed by atoms with E-state index in [2.05, 4.69) is 0 Å². The third kappa shape index (κ3) is 3.65. The summed E-state index contributed by atoms with van der Waals surface area (Å²) in [6.45, 7) is -0.820. The van der Waals surface area contributed by atoms with Crippen LogP contribution in [0.5, 0.6) is 0 Å². The molecule has 0 radical (unpaired) electrons. The predicted molar refractivity (Wildman–Crippen MR) is 70.6 cm³/mol. The highest BCUT2D eigenvalue weighted by Crippen LogP contribution is 2.28. The molecule has 0 saturated carbocycles. The second-order valence-electron chi connectivity index (χ2n) is 5.58. The number of ether oxygens (including phenoxy) is 3. The summed E-state index contributed by atoms with van der Waals surface area (Å²) in [7, 11) is 0. The Bertz CT molecular complexity index is 383. The molecule has 2 heterocycles. The second-order valence-corrected chi connectivity index (χ2v) is 5.58. The van der Waals surface area contributed by atoms with E-state index in [1.807, 2.05) is 0 Å². The van der Waals surface area contributed by atoms with Crippen LogP contribution >= 0.6 is 0 Å². The molecule has 2 fully saturated rings. The first-order chi connectivity index (χ1) is 10.8. The first-order valence-corrected chi connectivity index (χ1v) is 7.17. The maximum Gasteiger partial charge on any atom is 0.187 e. The lowest BCUT2D eigenvalue weighted by atomic mass is 9.97. The van der Waals surface area contributed by atoms with Gasteiger partial charge in [-0.2, -0.15) is 0 Å². The Morgan fingerprint density at radius 1 is 0.783 bits per heavy atom. The molecule has 11 nitrogen and oxygen atoms in total. The number of nitrogens with two attached hydrogens (primary N) is 1. The van der Waals surface area contributed by atoms with Gasteiger partial charge in [0.15, 0.2) is 12.6 Å². The lowest BCUT2D eigenvalue weighted by Crippen LogP contribution is -2.64. The molecule has 2 aliphatic heterocycles. The zero-order valence-corrected chi connectivity index (χ0v) is 12.1. The SMILES string of the molecule is NC[C@H]1O[C@@H](O)[C@H](O)[C@@H](O)[C@H]1O[C@H]1O[C@H](CO)[C@H](O)[C@H](O)[C@H]1O. The summed E-state index contributed by atoms with van der Waals surface area (Å²) in [6, 6.07) is 0. The van der Waals surface area contributed by atoms with Gasteiger partial charge in [-0.3, -0.25) is 0 Å². The average molecular weight is 341 g/mol. The molecule has 2 aliphatic rings. The van der Waals surface area contributed by atoms with E-state index < -0.39 is 68.0 Å². The van der Waals surface area contributed by atoms with Gasteiger partial charge in [0, 0.05) is 6.54 Å². The summed E-state index contributed by atoms with van der Waals surface area (Å²) in [5, 5.41) is 67.5. The Morgan fingerprint density at radius 3 is 2.00 bits per heavy atom. The number of aliphatic hydroxyl groups is 7. The average Bonchev–Trinajstić information content (AvgIpc) is 2.55. The van der Waals surface area contributed by atoms with Crippen LogP contribution in [0.1, 0.15) is 0 Å². The molecule has 0 amide bonds. The van der Waals surface area contributed by atoms with Crippen LogP contribution in [0.4, 0.5) is 0 Å². The zero-order valence-electron chi connectivity index (χ0n) is 12.1. The van der Waals surface area contributed by atoms with E-state index in [0.717, 1.165) is 0 Å². The topological polar surface area (TPSA) is 195 Å². The summed E-state index contributed by atoms with van der Waals surface area (Å²) >= 11 is 0. The van der Waals surface area contributed by atoms with Crippen molar-refractivity contribution in [1.82, 2.24) is 0 Å². The molecule has 0 aromatic carbocycles. The molecule has 2 rings (SSSR count). The van der Waals surface area contributed by atoms with Gasteiger partial charge in [0.2, 0.25) is 0 Å². The van der Waals surface area contributed by atoms with Crippen LogP contribution in [0.3, 0.4) is 0 Å². The third-order valence-electron chi connectivity index (χ3n) is 4.03. The van der Waals surface area contributed by atoms with Gasteiger partial charge in [0.1, 0.15) is 48.8 Å². The molecule has 0 spiro atoms. The summed E-state index contributed by atoms with van der Waals surface area (Å²) in [5.41, 5.74) is 5.46. The van der Waals surface area contributed by atoms with Crippen molar-refractivity contribution in [3.05, 3.63) is 0 Å². The van der Waals surface area contributed by atoms with Gasteiger partial charge >= 0.3 is 0 Å². The molecule has 23 heavy (non-hydrogen) atoms. The molecule has 0 bridgehead atoms. The van der Waals surface area contributed by atoms with E-state index >= 15 is 0 Å². The van der Waals surface area contributed by atoms with Crippen molar-refractivity contribution in [3.8, 4) is 0 Å². The van der Waals surface area contributed by atoms with Crippen LogP contribution in [0.2, 0.25) is 0 Å². The van der Waals surface area contributed by atoms with E-state index in [1.54, 1.807) is 0 Å². The van der Waals surface area contributed by atoms with E-state index in [-0.39, 0.29) is 6.54 Å². The van der Waals surface area contributed by atoms with Gasteiger partial charge in [-0.05, 0) is 0 Å². The largest absolute Gasteiger partial charge is 0.394 e. The Morgan fingerprint density at radius 2 is 1.43 bits per heavy atom. The molecule has 136 valence electrons. The highest BCUT2D eigenvalue weighted by molar-refractivity contribution is 4.94. The van der Waals surface area contributed by atoms with E-state index in [4.69, 9.17) is 25.1 Å². The summed E-state index contributed by atoms with van der Waals surface area (Å²) in [5.74, 6) is 0. The van der Waals surface area contributed by atoms with Crippen LogP contribution in [0.25, 0.3) is 0 Å². The number of hydrogen-bond donors (Lipinski definition) is 8. The van der Waals surface area contributed by atoms with E-state index in [9.17, 15) is 30.6 Å². The van der Waals surface area contributed by atoms with E-state index in [1.165, 1.54) is 0 Å². The maximum absolute atomic E-state index is 10.00. The Balaban J connectivity index is 2.11. The van der Waals surface area contributed by atoms with Crippen molar-refractivity contribution in [2.24, 2.45) is 5.73 Å². The van der Waals surface area contributed by atoms with Gasteiger partial charge in [-0.1, -0.05) is 0 Å². The number of rotatable bonds is 4. The fourth-order valence-electron chi connectivity index (χ4n) is 2.61.